The lowest BCUT2D eigenvalue weighted by Crippen LogP contribution is -2.68. The van der Waals surface area contributed by atoms with E-state index in [4.69, 9.17) is 0 Å². The highest BCUT2D eigenvalue weighted by Gasteiger charge is 2.53. The van der Waals surface area contributed by atoms with Gasteiger partial charge in [0.25, 0.3) is 0 Å². The van der Waals surface area contributed by atoms with Crippen molar-refractivity contribution in [3.8, 4) is 0 Å². The van der Waals surface area contributed by atoms with E-state index in [9.17, 15) is 14.7 Å². The first-order chi connectivity index (χ1) is 13.6. The first kappa shape index (κ1) is 19.2. The molecule has 0 bridgehead atoms. The predicted octanol–water partition coefficient (Wildman–Crippen LogP) is 2.85. The van der Waals surface area contributed by atoms with Crippen LogP contribution in [0.15, 0.2) is 30.3 Å². The van der Waals surface area contributed by atoms with Gasteiger partial charge in [-0.25, -0.2) is 0 Å². The second-order valence-electron chi connectivity index (χ2n) is 8.26. The second kappa shape index (κ2) is 8.08. The molecule has 1 saturated carbocycles. The maximum Gasteiger partial charge on any atom is 0.226 e. The van der Waals surface area contributed by atoms with Crippen LogP contribution in [0.1, 0.15) is 62.5 Å². The van der Waals surface area contributed by atoms with Crippen LogP contribution in [-0.2, 0) is 9.59 Å². The molecule has 2 N–H and O–H groups in total. The Kier molecular flexibility index (Phi) is 5.54. The molecule has 1 heterocycles. The number of nitrogens with zero attached hydrogens (tertiary/aromatic N) is 1. The summed E-state index contributed by atoms with van der Waals surface area (Å²) in [6.45, 7) is 2.22. The molecule has 0 radical (unpaired) electrons. The summed E-state index contributed by atoms with van der Waals surface area (Å²) in [5.74, 6) is 0.292. The predicted molar refractivity (Wildman–Crippen MR) is 109 cm³/mol. The van der Waals surface area contributed by atoms with E-state index in [1.165, 1.54) is 17.6 Å². The average Bonchev–Trinajstić information content (AvgIpc) is 3.42. The number of benzene rings is 1. The number of carbonyl (C=O) groups is 2. The largest absolute Gasteiger partial charge is 0.394 e. The molecule has 1 aromatic carbocycles. The van der Waals surface area contributed by atoms with Gasteiger partial charge in [-0.2, -0.15) is 0 Å². The van der Waals surface area contributed by atoms with Gasteiger partial charge in [-0.15, -0.1) is 0 Å². The van der Waals surface area contributed by atoms with E-state index < -0.39 is 0 Å². The van der Waals surface area contributed by atoms with E-state index in [1.54, 1.807) is 0 Å². The highest BCUT2D eigenvalue weighted by Crippen LogP contribution is 2.44. The maximum absolute atomic E-state index is 12.8. The smallest absolute Gasteiger partial charge is 0.226 e. The zero-order chi connectivity index (χ0) is 19.7. The van der Waals surface area contributed by atoms with Gasteiger partial charge >= 0.3 is 0 Å². The summed E-state index contributed by atoms with van der Waals surface area (Å²) < 4.78 is 0. The maximum atomic E-state index is 12.8. The van der Waals surface area contributed by atoms with E-state index >= 15 is 0 Å². The first-order valence-electron chi connectivity index (χ1n) is 10.6. The Morgan fingerprint density at radius 3 is 2.50 bits per heavy atom. The molecule has 5 heteroatoms. The van der Waals surface area contributed by atoms with Gasteiger partial charge in [-0.3, -0.25) is 9.59 Å². The Morgan fingerprint density at radius 1 is 1.18 bits per heavy atom. The molecule has 1 aliphatic heterocycles. The molecule has 2 amide bonds. The van der Waals surface area contributed by atoms with Crippen LogP contribution in [0.4, 0.5) is 0 Å². The lowest BCUT2D eigenvalue weighted by molar-refractivity contribution is -0.152. The van der Waals surface area contributed by atoms with Crippen LogP contribution in [0.5, 0.6) is 0 Å². The van der Waals surface area contributed by atoms with Crippen LogP contribution in [0.2, 0.25) is 0 Å². The minimum absolute atomic E-state index is 0.00598. The number of hydrogen-bond donors (Lipinski definition) is 2. The summed E-state index contributed by atoms with van der Waals surface area (Å²) >= 11 is 0. The average molecular weight is 383 g/mol. The minimum atomic E-state index is -0.201. The zero-order valence-electron chi connectivity index (χ0n) is 16.6. The van der Waals surface area contributed by atoms with E-state index in [-0.39, 0.29) is 42.3 Å². The van der Waals surface area contributed by atoms with Crippen LogP contribution >= 0.6 is 0 Å². The molecule has 150 valence electrons. The third kappa shape index (κ3) is 3.60. The molecule has 3 atom stereocenters. The van der Waals surface area contributed by atoms with Gasteiger partial charge in [0.05, 0.1) is 18.7 Å². The summed E-state index contributed by atoms with van der Waals surface area (Å²) in [6.07, 6.45) is 8.14. The first-order valence-corrected chi connectivity index (χ1v) is 10.6. The fourth-order valence-corrected chi connectivity index (χ4v) is 4.68. The SMILES string of the molecule is CCC(=O)NC[C@@H]1[C@@H](c2ccc(C3=CCCC3)cc2)[C@H](CO)N1C(=O)C1CC1. The molecule has 1 aromatic rings. The van der Waals surface area contributed by atoms with Crippen molar-refractivity contribution in [1.29, 1.82) is 0 Å². The van der Waals surface area contributed by atoms with E-state index in [2.05, 4.69) is 35.7 Å². The number of hydrogen-bond acceptors (Lipinski definition) is 3. The molecular weight excluding hydrogens is 352 g/mol. The minimum Gasteiger partial charge on any atom is -0.394 e. The fourth-order valence-electron chi connectivity index (χ4n) is 4.68. The van der Waals surface area contributed by atoms with Crippen molar-refractivity contribution in [2.24, 2.45) is 5.92 Å². The third-order valence-electron chi connectivity index (χ3n) is 6.45. The van der Waals surface area contributed by atoms with E-state index in [0.29, 0.717) is 13.0 Å². The Morgan fingerprint density at radius 2 is 1.93 bits per heavy atom. The van der Waals surface area contributed by atoms with E-state index in [1.807, 2.05) is 11.8 Å². The third-order valence-corrected chi connectivity index (χ3v) is 6.45. The topological polar surface area (TPSA) is 69.6 Å². The lowest BCUT2D eigenvalue weighted by atomic mass is 9.74. The highest BCUT2D eigenvalue weighted by atomic mass is 16.3. The highest BCUT2D eigenvalue weighted by molar-refractivity contribution is 5.83. The van der Waals surface area contributed by atoms with Crippen molar-refractivity contribution in [1.82, 2.24) is 10.2 Å². The number of rotatable bonds is 7. The summed E-state index contributed by atoms with van der Waals surface area (Å²) in [5, 5.41) is 13.0. The van der Waals surface area contributed by atoms with Crippen LogP contribution in [0.3, 0.4) is 0 Å². The normalized spacial score (nSPS) is 26.6. The molecule has 3 aliphatic rings. The molecule has 2 fully saturated rings. The Bertz CT molecular complexity index is 767. The van der Waals surface area contributed by atoms with Gasteiger partial charge in [0.2, 0.25) is 11.8 Å². The Balaban J connectivity index is 1.55. The number of nitrogens with one attached hydrogen (secondary N) is 1. The van der Waals surface area contributed by atoms with Gasteiger partial charge in [0, 0.05) is 24.8 Å². The fraction of sp³-hybridized carbons (Fsp3) is 0.565. The molecule has 28 heavy (non-hydrogen) atoms. The molecule has 0 aromatic heterocycles. The van der Waals surface area contributed by atoms with Crippen LogP contribution in [0.25, 0.3) is 5.57 Å². The number of amides is 2. The van der Waals surface area contributed by atoms with Crippen molar-refractivity contribution in [2.75, 3.05) is 13.2 Å². The quantitative estimate of drug-likeness (QED) is 0.762. The van der Waals surface area contributed by atoms with Gasteiger partial charge in [0.1, 0.15) is 0 Å². The summed E-state index contributed by atoms with van der Waals surface area (Å²) in [4.78, 5) is 26.4. The Hall–Kier alpha value is -2.14. The van der Waals surface area contributed by atoms with Gasteiger partial charge in [0.15, 0.2) is 0 Å². The van der Waals surface area contributed by atoms with E-state index in [0.717, 1.165) is 31.2 Å². The Labute approximate surface area is 166 Å². The van der Waals surface area contributed by atoms with Crippen LogP contribution in [-0.4, -0.2) is 47.1 Å². The molecule has 2 aliphatic carbocycles. The van der Waals surface area contributed by atoms with Gasteiger partial charge in [-0.1, -0.05) is 37.3 Å². The number of aliphatic hydroxyl groups excluding tert-OH is 1. The monoisotopic (exact) mass is 382 g/mol. The second-order valence-corrected chi connectivity index (χ2v) is 8.26. The molecule has 5 nitrogen and oxygen atoms in total. The van der Waals surface area contributed by atoms with Crippen molar-refractivity contribution < 1.29 is 14.7 Å². The number of allylic oxidation sites excluding steroid dienone is 2. The van der Waals surface area contributed by atoms with Crippen LogP contribution < -0.4 is 5.32 Å². The van der Waals surface area contributed by atoms with Crippen molar-refractivity contribution in [3.63, 3.8) is 0 Å². The molecule has 1 saturated heterocycles. The zero-order valence-corrected chi connectivity index (χ0v) is 16.6. The van der Waals surface area contributed by atoms with Crippen molar-refractivity contribution in [2.45, 2.75) is 63.5 Å². The number of likely N-dealkylation sites (tertiary alicyclic amines) is 1. The molecular formula is C23H30N2O3. The van der Waals surface area contributed by atoms with Gasteiger partial charge in [-0.05, 0) is 48.8 Å². The van der Waals surface area contributed by atoms with Gasteiger partial charge < -0.3 is 15.3 Å². The summed E-state index contributed by atoms with van der Waals surface area (Å²) in [6, 6.07) is 8.30. The molecule has 0 unspecified atom stereocenters. The molecule has 0 spiro atoms. The number of carbonyl (C=O) groups excluding carboxylic acids is 2. The summed E-state index contributed by atoms with van der Waals surface area (Å²) in [7, 11) is 0. The standard InChI is InChI=1S/C23H30N2O3/c1-2-21(27)24-13-19-22(20(14-26)25(19)23(28)18-11-12-18)17-9-7-16(8-10-17)15-5-3-4-6-15/h5,7-10,18-20,22,26H,2-4,6,11-14H2,1H3,(H,24,27)/t19-,20+,22-/m1/s1. The number of aliphatic hydroxyl groups is 1. The lowest BCUT2D eigenvalue weighted by Gasteiger charge is -2.55. The van der Waals surface area contributed by atoms with Crippen molar-refractivity contribution >= 4 is 17.4 Å². The van der Waals surface area contributed by atoms with Crippen LogP contribution in [0, 0.1) is 5.92 Å². The molecule has 4 rings (SSSR count). The summed E-state index contributed by atoms with van der Waals surface area (Å²) in [5.41, 5.74) is 3.82. The van der Waals surface area contributed by atoms with Crippen molar-refractivity contribution in [3.05, 3.63) is 41.5 Å².